The number of rotatable bonds is 6. The van der Waals surface area contributed by atoms with E-state index in [2.05, 4.69) is 15.3 Å². The molecule has 0 radical (unpaired) electrons. The number of nitrogens with one attached hydrogen (secondary N) is 2. The number of aromatic nitrogens is 2. The maximum atomic E-state index is 13.7. The topological polar surface area (TPSA) is 106 Å². The number of methoxy groups -OCH3 is 1. The van der Waals surface area contributed by atoms with E-state index in [0.717, 1.165) is 22.3 Å². The Bertz CT molecular complexity index is 1400. The summed E-state index contributed by atoms with van der Waals surface area (Å²) in [6, 6.07) is 14.2. The molecule has 0 bridgehead atoms. The number of benzene rings is 2. The van der Waals surface area contributed by atoms with Crippen LogP contribution in [0.3, 0.4) is 0 Å². The zero-order valence-electron chi connectivity index (χ0n) is 23.7. The van der Waals surface area contributed by atoms with Crippen LogP contribution in [0.1, 0.15) is 56.7 Å². The predicted molar refractivity (Wildman–Crippen MR) is 153 cm³/mol. The van der Waals surface area contributed by atoms with E-state index < -0.39 is 36.5 Å². The summed E-state index contributed by atoms with van der Waals surface area (Å²) in [4.78, 5) is 35.5. The molecule has 0 saturated carbocycles. The average molecular weight is 542 g/mol. The first-order valence-electron chi connectivity index (χ1n) is 13.4. The fourth-order valence-corrected chi connectivity index (χ4v) is 4.81. The monoisotopic (exact) mass is 542 g/mol. The zero-order chi connectivity index (χ0) is 28.7. The first-order chi connectivity index (χ1) is 19.0. The van der Waals surface area contributed by atoms with Gasteiger partial charge in [-0.3, -0.25) is 4.79 Å². The molecule has 208 valence electrons. The Kier molecular flexibility index (Phi) is 7.33. The van der Waals surface area contributed by atoms with Crippen molar-refractivity contribution < 1.29 is 23.6 Å². The predicted octanol–water partition coefficient (Wildman–Crippen LogP) is 4.22. The highest BCUT2D eigenvalue weighted by molar-refractivity contribution is 6.62. The average Bonchev–Trinajstić information content (AvgIpc) is 3.65. The molecule has 2 atom stereocenters. The first kappa shape index (κ1) is 27.7. The number of H-pyrrole nitrogens is 1. The third kappa shape index (κ3) is 5.29. The number of hydrogen-bond donors (Lipinski definition) is 2. The molecule has 2 amide bonds. The number of amides is 2. The standard InChI is InChI=1S/C30H35BN4O5/c1-19-9-11-21(12-10-19)25(34-28(37)38-6)27(36)35-17-7-8-24(35)26-32-18-23(33-26)20-13-15-22(16-14-20)31-39-29(2,3)30(4,5)40-31/h7-16,18,24-25H,17H2,1-6H3,(H,32,33)(H,34,37)/t24?,25-/m1/s1. The number of nitrogens with zero attached hydrogens (tertiary/aromatic N) is 2. The number of carbonyl (C=O) groups excluding carboxylic acids is 2. The van der Waals surface area contributed by atoms with E-state index in [1.54, 1.807) is 11.1 Å². The largest absolute Gasteiger partial charge is 0.494 e. The van der Waals surface area contributed by atoms with Crippen LogP contribution in [-0.2, 0) is 18.8 Å². The van der Waals surface area contributed by atoms with Crippen LogP contribution in [0, 0.1) is 6.92 Å². The van der Waals surface area contributed by atoms with E-state index in [1.807, 2.05) is 95.3 Å². The lowest BCUT2D eigenvalue weighted by atomic mass is 9.79. The van der Waals surface area contributed by atoms with Crippen LogP contribution in [0.5, 0.6) is 0 Å². The fourth-order valence-electron chi connectivity index (χ4n) is 4.81. The minimum atomic E-state index is -0.896. The lowest BCUT2D eigenvalue weighted by Crippen LogP contribution is -2.43. The van der Waals surface area contributed by atoms with Gasteiger partial charge in [-0.2, -0.15) is 0 Å². The Labute approximate surface area is 235 Å². The molecular formula is C30H35BN4O5. The van der Waals surface area contributed by atoms with Gasteiger partial charge >= 0.3 is 13.2 Å². The smallest absolute Gasteiger partial charge is 0.453 e. The van der Waals surface area contributed by atoms with Gasteiger partial charge in [0, 0.05) is 6.54 Å². The van der Waals surface area contributed by atoms with Crippen molar-refractivity contribution in [3.63, 3.8) is 0 Å². The number of hydrogen-bond acceptors (Lipinski definition) is 6. The van der Waals surface area contributed by atoms with Crippen LogP contribution in [0.25, 0.3) is 11.3 Å². The van der Waals surface area contributed by atoms with Gasteiger partial charge in [0.05, 0.1) is 30.2 Å². The summed E-state index contributed by atoms with van der Waals surface area (Å²) in [5.41, 5.74) is 3.64. The lowest BCUT2D eigenvalue weighted by molar-refractivity contribution is -0.134. The van der Waals surface area contributed by atoms with Gasteiger partial charge in [-0.25, -0.2) is 9.78 Å². The summed E-state index contributed by atoms with van der Waals surface area (Å²) in [5.74, 6) is 0.377. The Morgan fingerprint density at radius 2 is 1.73 bits per heavy atom. The van der Waals surface area contributed by atoms with Crippen LogP contribution in [0.4, 0.5) is 4.79 Å². The quantitative estimate of drug-likeness (QED) is 0.357. The van der Waals surface area contributed by atoms with Gasteiger partial charge in [0.15, 0.2) is 0 Å². The van der Waals surface area contributed by atoms with Crippen LogP contribution in [0.15, 0.2) is 66.9 Å². The van der Waals surface area contributed by atoms with Crippen molar-refractivity contribution in [2.45, 2.75) is 57.9 Å². The fraction of sp³-hybridized carbons (Fsp3) is 0.367. The highest BCUT2D eigenvalue weighted by Crippen LogP contribution is 2.36. The SMILES string of the molecule is COC(=O)N[C@@H](C(=O)N1CC=CC1c1ncc(-c2ccc(B3OC(C)(C)C(C)(C)O3)cc2)[nH]1)c1ccc(C)cc1. The highest BCUT2D eigenvalue weighted by Gasteiger charge is 2.51. The molecule has 3 aromatic rings. The molecule has 5 rings (SSSR count). The Hall–Kier alpha value is -3.89. The molecule has 2 aromatic carbocycles. The Morgan fingerprint density at radius 1 is 1.07 bits per heavy atom. The molecule has 40 heavy (non-hydrogen) atoms. The molecule has 2 aliphatic heterocycles. The molecule has 1 saturated heterocycles. The normalized spacial score (nSPS) is 20.0. The van der Waals surface area contributed by atoms with E-state index in [1.165, 1.54) is 7.11 Å². The number of imidazole rings is 1. The molecule has 0 aliphatic carbocycles. The van der Waals surface area contributed by atoms with Gasteiger partial charge in [-0.1, -0.05) is 66.2 Å². The molecule has 2 aliphatic rings. The van der Waals surface area contributed by atoms with Gasteiger partial charge in [0.1, 0.15) is 17.9 Å². The zero-order valence-corrected chi connectivity index (χ0v) is 23.7. The summed E-state index contributed by atoms with van der Waals surface area (Å²) in [6.45, 7) is 10.5. The maximum absolute atomic E-state index is 13.7. The van der Waals surface area contributed by atoms with Crippen molar-refractivity contribution in [3.05, 3.63) is 83.8 Å². The summed E-state index contributed by atoms with van der Waals surface area (Å²) < 4.78 is 17.1. The van der Waals surface area contributed by atoms with E-state index >= 15 is 0 Å². The van der Waals surface area contributed by atoms with Crippen molar-refractivity contribution in [2.24, 2.45) is 0 Å². The molecular weight excluding hydrogens is 507 g/mol. The van der Waals surface area contributed by atoms with Crippen molar-refractivity contribution in [1.82, 2.24) is 20.2 Å². The second-order valence-electron chi connectivity index (χ2n) is 11.2. The first-order valence-corrected chi connectivity index (χ1v) is 13.4. The van der Waals surface area contributed by atoms with Crippen molar-refractivity contribution in [3.8, 4) is 11.3 Å². The van der Waals surface area contributed by atoms with Crippen LogP contribution < -0.4 is 10.8 Å². The van der Waals surface area contributed by atoms with Crippen molar-refractivity contribution >= 4 is 24.6 Å². The van der Waals surface area contributed by atoms with Gasteiger partial charge in [0.2, 0.25) is 0 Å². The third-order valence-electron chi connectivity index (χ3n) is 7.97. The van der Waals surface area contributed by atoms with Crippen LogP contribution >= 0.6 is 0 Å². The molecule has 0 spiro atoms. The minimum Gasteiger partial charge on any atom is -0.453 e. The van der Waals surface area contributed by atoms with Crippen molar-refractivity contribution in [1.29, 1.82) is 0 Å². The minimum absolute atomic E-state index is 0.256. The number of alkyl carbamates (subject to hydrolysis) is 1. The van der Waals surface area contributed by atoms with Gasteiger partial charge in [-0.05, 0) is 51.2 Å². The molecule has 2 N–H and O–H groups in total. The molecule has 10 heteroatoms. The third-order valence-corrected chi connectivity index (χ3v) is 7.97. The Morgan fingerprint density at radius 3 is 2.35 bits per heavy atom. The van der Waals surface area contributed by atoms with E-state index in [9.17, 15) is 9.59 Å². The van der Waals surface area contributed by atoms with Crippen LogP contribution in [-0.4, -0.2) is 58.8 Å². The van der Waals surface area contributed by atoms with E-state index in [4.69, 9.17) is 14.0 Å². The van der Waals surface area contributed by atoms with Gasteiger partial charge in [0.25, 0.3) is 5.91 Å². The summed E-state index contributed by atoms with van der Waals surface area (Å²) >= 11 is 0. The summed E-state index contributed by atoms with van der Waals surface area (Å²) in [7, 11) is 0.845. The van der Waals surface area contributed by atoms with E-state index in [-0.39, 0.29) is 5.91 Å². The van der Waals surface area contributed by atoms with Crippen LogP contribution in [0.2, 0.25) is 0 Å². The summed E-state index contributed by atoms with van der Waals surface area (Å²) in [6.07, 6.45) is 4.95. The molecule has 1 unspecified atom stereocenters. The highest BCUT2D eigenvalue weighted by atomic mass is 16.7. The van der Waals surface area contributed by atoms with Gasteiger partial charge < -0.3 is 29.2 Å². The molecule has 1 aromatic heterocycles. The lowest BCUT2D eigenvalue weighted by Gasteiger charge is -2.32. The second kappa shape index (κ2) is 10.6. The maximum Gasteiger partial charge on any atom is 0.494 e. The van der Waals surface area contributed by atoms with Gasteiger partial charge in [-0.15, -0.1) is 0 Å². The summed E-state index contributed by atoms with van der Waals surface area (Å²) in [5, 5.41) is 2.69. The number of aryl methyl sites for hydroxylation is 1. The Balaban J connectivity index is 1.34. The number of aromatic amines is 1. The second-order valence-corrected chi connectivity index (χ2v) is 11.2. The molecule has 3 heterocycles. The molecule has 1 fully saturated rings. The number of ether oxygens (including phenoxy) is 1. The molecule has 9 nitrogen and oxygen atoms in total. The van der Waals surface area contributed by atoms with Crippen molar-refractivity contribution in [2.75, 3.05) is 13.7 Å². The number of carbonyl (C=O) groups is 2. The van der Waals surface area contributed by atoms with E-state index in [0.29, 0.717) is 17.9 Å².